The van der Waals surface area contributed by atoms with E-state index < -0.39 is 5.97 Å². The van der Waals surface area contributed by atoms with E-state index in [1.807, 2.05) is 59.2 Å². The summed E-state index contributed by atoms with van der Waals surface area (Å²) in [6.45, 7) is 0.553. The van der Waals surface area contributed by atoms with Gasteiger partial charge in [-0.05, 0) is 59.5 Å². The molecule has 3 aromatic carbocycles. The second kappa shape index (κ2) is 9.34. The topological polar surface area (TPSA) is 79.2 Å². The number of esters is 1. The molecule has 1 aliphatic rings. The Morgan fingerprint density at radius 2 is 1.39 bits per heavy atom. The molecule has 0 atom stereocenters. The number of nitrogens with zero attached hydrogens (tertiary/aromatic N) is 1. The van der Waals surface area contributed by atoms with Gasteiger partial charge in [0.15, 0.2) is 11.5 Å². The normalized spacial score (nSPS) is 11.9. The number of carbonyl (C=O) groups is 1. The van der Waals surface area contributed by atoms with Gasteiger partial charge in [0.2, 0.25) is 0 Å². The molecule has 0 fully saturated rings. The average Bonchev–Trinajstić information content (AvgIpc) is 3.27. The number of phenols is 1. The van der Waals surface area contributed by atoms with Gasteiger partial charge in [-0.3, -0.25) is 0 Å². The minimum absolute atomic E-state index is 0.0887. The molecular formula is C29H27NO6. The van der Waals surface area contributed by atoms with Crippen molar-refractivity contribution in [3.05, 3.63) is 71.9 Å². The first-order valence-corrected chi connectivity index (χ1v) is 11.5. The highest BCUT2D eigenvalue weighted by molar-refractivity contribution is 6.07. The van der Waals surface area contributed by atoms with Crippen molar-refractivity contribution >= 4 is 5.97 Å². The average molecular weight is 486 g/mol. The predicted molar refractivity (Wildman–Crippen MR) is 137 cm³/mol. The predicted octanol–water partition coefficient (Wildman–Crippen LogP) is 5.56. The summed E-state index contributed by atoms with van der Waals surface area (Å²) in [5, 5.41) is 10.4. The van der Waals surface area contributed by atoms with Gasteiger partial charge < -0.3 is 28.6 Å². The van der Waals surface area contributed by atoms with Crippen molar-refractivity contribution in [2.45, 2.75) is 13.0 Å². The van der Waals surface area contributed by atoms with Crippen LogP contribution in [0.5, 0.6) is 23.0 Å². The third kappa shape index (κ3) is 3.73. The minimum Gasteiger partial charge on any atom is -0.504 e. The minimum atomic E-state index is -0.420. The van der Waals surface area contributed by atoms with E-state index in [2.05, 4.69) is 0 Å². The van der Waals surface area contributed by atoms with Crippen LogP contribution in [-0.2, 0) is 17.7 Å². The van der Waals surface area contributed by atoms with Gasteiger partial charge in [0.25, 0.3) is 0 Å². The van der Waals surface area contributed by atoms with Gasteiger partial charge in [-0.15, -0.1) is 0 Å². The van der Waals surface area contributed by atoms with E-state index in [9.17, 15) is 9.90 Å². The molecule has 0 spiro atoms. The molecule has 7 heteroatoms. The highest BCUT2D eigenvalue weighted by Gasteiger charge is 2.33. The number of phenolic OH excluding ortho intramolecular Hbond substituents is 1. The van der Waals surface area contributed by atoms with Gasteiger partial charge in [0.05, 0.1) is 34.1 Å². The molecule has 0 saturated carbocycles. The maximum absolute atomic E-state index is 13.3. The fraction of sp³-hybridized carbons (Fsp3) is 0.207. The first kappa shape index (κ1) is 23.4. The number of aromatic hydroxyl groups is 1. The lowest BCUT2D eigenvalue weighted by Gasteiger charge is -2.23. The Balaban J connectivity index is 1.90. The standard InChI is InChI=1S/C29H27NO6/c1-33-20-9-5-17(6-10-20)25-26(18-7-11-21(34-2)12-8-18)28(29(32)36-4)30-14-13-19-15-23(31)24(35-3)16-22(19)27(25)30/h5-12,15-16,31H,13-14H2,1-4H3. The number of aromatic nitrogens is 1. The van der Waals surface area contributed by atoms with Gasteiger partial charge in [0.1, 0.15) is 17.2 Å². The Bertz CT molecular complexity index is 1430. The van der Waals surface area contributed by atoms with E-state index in [-0.39, 0.29) is 5.75 Å². The van der Waals surface area contributed by atoms with E-state index in [4.69, 9.17) is 18.9 Å². The molecule has 4 aromatic rings. The molecule has 0 amide bonds. The lowest BCUT2D eigenvalue weighted by atomic mass is 9.90. The fourth-order valence-corrected chi connectivity index (χ4v) is 4.94. The van der Waals surface area contributed by atoms with Gasteiger partial charge in [-0.2, -0.15) is 0 Å². The van der Waals surface area contributed by atoms with Gasteiger partial charge in [-0.25, -0.2) is 4.79 Å². The quantitative estimate of drug-likeness (QED) is 0.360. The van der Waals surface area contributed by atoms with E-state index in [1.165, 1.54) is 14.2 Å². The summed E-state index contributed by atoms with van der Waals surface area (Å²) in [6, 6.07) is 19.0. The second-order valence-electron chi connectivity index (χ2n) is 8.48. The lowest BCUT2D eigenvalue weighted by molar-refractivity contribution is 0.0589. The number of methoxy groups -OCH3 is 4. The molecule has 0 saturated heterocycles. The van der Waals surface area contributed by atoms with E-state index in [1.54, 1.807) is 20.3 Å². The van der Waals surface area contributed by atoms with Gasteiger partial charge >= 0.3 is 5.97 Å². The molecule has 184 valence electrons. The summed E-state index contributed by atoms with van der Waals surface area (Å²) in [7, 11) is 6.16. The maximum Gasteiger partial charge on any atom is 0.355 e. The Labute approximate surface area is 209 Å². The van der Waals surface area contributed by atoms with Crippen LogP contribution in [0, 0.1) is 0 Å². The molecule has 36 heavy (non-hydrogen) atoms. The summed E-state index contributed by atoms with van der Waals surface area (Å²) in [6.07, 6.45) is 0.642. The summed E-state index contributed by atoms with van der Waals surface area (Å²) in [5.74, 6) is 1.49. The molecule has 1 N–H and O–H groups in total. The molecule has 2 heterocycles. The van der Waals surface area contributed by atoms with Crippen LogP contribution >= 0.6 is 0 Å². The fourth-order valence-electron chi connectivity index (χ4n) is 4.94. The maximum atomic E-state index is 13.3. The van der Waals surface area contributed by atoms with Crippen LogP contribution in [0.25, 0.3) is 33.5 Å². The highest BCUT2D eigenvalue weighted by Crippen LogP contribution is 2.49. The van der Waals surface area contributed by atoms with Crippen molar-refractivity contribution in [2.75, 3.05) is 28.4 Å². The molecule has 0 unspecified atom stereocenters. The number of hydrogen-bond donors (Lipinski definition) is 1. The molecule has 0 aliphatic carbocycles. The van der Waals surface area contributed by atoms with Crippen LogP contribution in [0.1, 0.15) is 16.1 Å². The Morgan fingerprint density at radius 3 is 1.92 bits per heavy atom. The van der Waals surface area contributed by atoms with Crippen molar-refractivity contribution in [1.82, 2.24) is 4.57 Å². The van der Waals surface area contributed by atoms with E-state index in [0.717, 1.165) is 50.6 Å². The number of carbonyl (C=O) groups excluding carboxylic acids is 1. The van der Waals surface area contributed by atoms with E-state index >= 15 is 0 Å². The highest BCUT2D eigenvalue weighted by atomic mass is 16.5. The Hall–Kier alpha value is -4.39. The number of rotatable bonds is 6. The zero-order valence-corrected chi connectivity index (χ0v) is 20.6. The zero-order valence-electron chi connectivity index (χ0n) is 20.6. The second-order valence-corrected chi connectivity index (χ2v) is 8.48. The van der Waals surface area contributed by atoms with Crippen molar-refractivity contribution in [3.63, 3.8) is 0 Å². The van der Waals surface area contributed by atoms with Crippen molar-refractivity contribution in [3.8, 4) is 56.5 Å². The first-order chi connectivity index (χ1) is 17.5. The largest absolute Gasteiger partial charge is 0.504 e. The molecule has 1 aromatic heterocycles. The number of fused-ring (bicyclic) bond motifs is 3. The van der Waals surface area contributed by atoms with Gasteiger partial charge in [-0.1, -0.05) is 24.3 Å². The Kier molecular flexibility index (Phi) is 6.06. The summed E-state index contributed by atoms with van der Waals surface area (Å²) in [5.41, 5.74) is 6.64. The third-order valence-electron chi connectivity index (χ3n) is 6.66. The molecule has 0 radical (unpaired) electrons. The monoisotopic (exact) mass is 485 g/mol. The van der Waals surface area contributed by atoms with Crippen LogP contribution in [0.4, 0.5) is 0 Å². The summed E-state index contributed by atoms with van der Waals surface area (Å²) >= 11 is 0. The molecular weight excluding hydrogens is 458 g/mol. The van der Waals surface area contributed by atoms with Crippen LogP contribution in [0.2, 0.25) is 0 Å². The Morgan fingerprint density at radius 1 is 0.806 bits per heavy atom. The van der Waals surface area contributed by atoms with Crippen molar-refractivity contribution in [1.29, 1.82) is 0 Å². The van der Waals surface area contributed by atoms with Crippen LogP contribution < -0.4 is 14.2 Å². The van der Waals surface area contributed by atoms with Crippen LogP contribution in [0.15, 0.2) is 60.7 Å². The summed E-state index contributed by atoms with van der Waals surface area (Å²) < 4.78 is 23.5. The van der Waals surface area contributed by atoms with E-state index in [0.29, 0.717) is 24.4 Å². The molecule has 1 aliphatic heterocycles. The SMILES string of the molecule is COC(=O)c1c(-c2ccc(OC)cc2)c(-c2ccc(OC)cc2)c2n1CCc1cc(O)c(OC)cc1-2. The molecule has 5 rings (SSSR count). The van der Waals surface area contributed by atoms with Crippen LogP contribution in [-0.4, -0.2) is 44.1 Å². The van der Waals surface area contributed by atoms with Crippen LogP contribution in [0.3, 0.4) is 0 Å². The first-order valence-electron chi connectivity index (χ1n) is 11.5. The van der Waals surface area contributed by atoms with Crippen molar-refractivity contribution in [2.24, 2.45) is 0 Å². The number of ether oxygens (including phenoxy) is 4. The number of hydrogen-bond acceptors (Lipinski definition) is 6. The number of aryl methyl sites for hydroxylation is 1. The molecule has 7 nitrogen and oxygen atoms in total. The van der Waals surface area contributed by atoms with Crippen molar-refractivity contribution < 1.29 is 28.8 Å². The smallest absolute Gasteiger partial charge is 0.355 e. The third-order valence-corrected chi connectivity index (χ3v) is 6.66. The molecule has 0 bridgehead atoms. The summed E-state index contributed by atoms with van der Waals surface area (Å²) in [4.78, 5) is 13.3. The lowest BCUT2D eigenvalue weighted by Crippen LogP contribution is -2.17. The zero-order chi connectivity index (χ0) is 25.4. The van der Waals surface area contributed by atoms with Gasteiger partial charge in [0, 0.05) is 23.2 Å². The number of benzene rings is 3.